The van der Waals surface area contributed by atoms with Crippen molar-refractivity contribution in [3.8, 4) is 17.0 Å². The van der Waals surface area contributed by atoms with Crippen molar-refractivity contribution in [2.24, 2.45) is 0 Å². The lowest BCUT2D eigenvalue weighted by molar-refractivity contribution is 0.413. The number of rotatable bonds is 3. The molecule has 0 saturated carbocycles. The highest BCUT2D eigenvalue weighted by Gasteiger charge is 2.17. The second kappa shape index (κ2) is 4.90. The number of hydrogen-bond donors (Lipinski definition) is 2. The van der Waals surface area contributed by atoms with Gasteiger partial charge in [0.1, 0.15) is 11.4 Å². The molecule has 18 heavy (non-hydrogen) atoms. The molecular formula is C13H16ClN3O. The first kappa shape index (κ1) is 12.8. The molecule has 0 amide bonds. The summed E-state index contributed by atoms with van der Waals surface area (Å²) in [6.45, 7) is 3.93. The van der Waals surface area contributed by atoms with E-state index in [2.05, 4.69) is 15.5 Å². The predicted molar refractivity (Wildman–Crippen MR) is 74.6 cm³/mol. The molecule has 0 radical (unpaired) electrons. The number of aromatic amines is 1. The monoisotopic (exact) mass is 265 g/mol. The maximum atomic E-state index is 6.12. The van der Waals surface area contributed by atoms with E-state index >= 15 is 0 Å². The Morgan fingerprint density at radius 1 is 1.33 bits per heavy atom. The van der Waals surface area contributed by atoms with Gasteiger partial charge in [0.25, 0.3) is 0 Å². The van der Waals surface area contributed by atoms with Gasteiger partial charge >= 0.3 is 0 Å². The summed E-state index contributed by atoms with van der Waals surface area (Å²) in [4.78, 5) is 0. The number of benzene rings is 1. The molecule has 0 saturated heterocycles. The minimum atomic E-state index is 0.672. The van der Waals surface area contributed by atoms with Crippen LogP contribution in [0.25, 0.3) is 11.3 Å². The molecule has 0 unspecified atom stereocenters. The van der Waals surface area contributed by atoms with Crippen molar-refractivity contribution in [3.05, 3.63) is 28.4 Å². The lowest BCUT2D eigenvalue weighted by Crippen LogP contribution is -1.95. The molecule has 5 heteroatoms. The molecule has 1 heterocycles. The van der Waals surface area contributed by atoms with Gasteiger partial charge in [0.05, 0.1) is 18.5 Å². The average Bonchev–Trinajstić information content (AvgIpc) is 2.69. The van der Waals surface area contributed by atoms with E-state index in [4.69, 9.17) is 16.3 Å². The number of halogens is 1. The number of H-pyrrole nitrogens is 1. The first-order valence-electron chi connectivity index (χ1n) is 5.65. The molecule has 96 valence electrons. The van der Waals surface area contributed by atoms with Gasteiger partial charge in [-0.15, -0.1) is 0 Å². The third-order valence-corrected chi connectivity index (χ3v) is 3.11. The summed E-state index contributed by atoms with van der Waals surface area (Å²) in [6, 6.07) is 3.74. The van der Waals surface area contributed by atoms with Crippen LogP contribution in [-0.4, -0.2) is 24.4 Å². The van der Waals surface area contributed by atoms with Crippen molar-refractivity contribution in [1.29, 1.82) is 0 Å². The van der Waals surface area contributed by atoms with Crippen LogP contribution in [0.2, 0.25) is 5.02 Å². The van der Waals surface area contributed by atoms with Crippen molar-refractivity contribution in [3.63, 3.8) is 0 Å². The van der Waals surface area contributed by atoms with Gasteiger partial charge in [0.2, 0.25) is 0 Å². The first-order valence-corrected chi connectivity index (χ1v) is 6.03. The van der Waals surface area contributed by atoms with Crippen LogP contribution in [0.1, 0.15) is 11.3 Å². The van der Waals surface area contributed by atoms with Gasteiger partial charge in [0.15, 0.2) is 0 Å². The van der Waals surface area contributed by atoms with E-state index in [9.17, 15) is 0 Å². The summed E-state index contributed by atoms with van der Waals surface area (Å²) >= 11 is 6.12. The highest BCUT2D eigenvalue weighted by atomic mass is 35.5. The summed E-state index contributed by atoms with van der Waals surface area (Å²) < 4.78 is 5.45. The minimum absolute atomic E-state index is 0.672. The van der Waals surface area contributed by atoms with Crippen LogP contribution in [0.5, 0.6) is 5.75 Å². The quantitative estimate of drug-likeness (QED) is 0.894. The smallest absolute Gasteiger partial charge is 0.131 e. The zero-order valence-electron chi connectivity index (χ0n) is 10.9. The van der Waals surface area contributed by atoms with Crippen LogP contribution in [0, 0.1) is 13.8 Å². The van der Waals surface area contributed by atoms with Crippen LogP contribution in [-0.2, 0) is 0 Å². The summed E-state index contributed by atoms with van der Waals surface area (Å²) in [5.74, 6) is 0.794. The highest BCUT2D eigenvalue weighted by molar-refractivity contribution is 6.31. The van der Waals surface area contributed by atoms with Crippen molar-refractivity contribution >= 4 is 17.3 Å². The van der Waals surface area contributed by atoms with Gasteiger partial charge in [-0.1, -0.05) is 11.6 Å². The van der Waals surface area contributed by atoms with Crippen molar-refractivity contribution in [2.45, 2.75) is 13.8 Å². The number of nitrogens with one attached hydrogen (secondary N) is 2. The summed E-state index contributed by atoms with van der Waals surface area (Å²) in [7, 11) is 3.52. The van der Waals surface area contributed by atoms with E-state index in [-0.39, 0.29) is 0 Å². The van der Waals surface area contributed by atoms with Crippen LogP contribution in [0.3, 0.4) is 0 Å². The fourth-order valence-corrected chi connectivity index (χ4v) is 2.38. The maximum absolute atomic E-state index is 6.12. The second-order valence-electron chi connectivity index (χ2n) is 4.13. The van der Waals surface area contributed by atoms with Crippen molar-refractivity contribution in [2.75, 3.05) is 19.5 Å². The van der Waals surface area contributed by atoms with Gasteiger partial charge < -0.3 is 10.1 Å². The molecule has 4 nitrogen and oxygen atoms in total. The van der Waals surface area contributed by atoms with Crippen LogP contribution >= 0.6 is 11.6 Å². The third kappa shape index (κ3) is 2.04. The standard InChI is InChI=1S/C13H16ClN3O/c1-7-5-9(14)6-10(13(7)18-4)12-11(15-3)8(2)16-17-12/h5-6,15H,1-4H3,(H,16,17). The predicted octanol–water partition coefficient (Wildman–Crippen LogP) is 3.40. The normalized spacial score (nSPS) is 10.5. The van der Waals surface area contributed by atoms with Crippen LogP contribution in [0.15, 0.2) is 12.1 Å². The zero-order chi connectivity index (χ0) is 13.3. The number of methoxy groups -OCH3 is 1. The van der Waals surface area contributed by atoms with Crippen LogP contribution in [0.4, 0.5) is 5.69 Å². The molecule has 0 atom stereocenters. The van der Waals surface area contributed by atoms with Crippen molar-refractivity contribution < 1.29 is 4.74 Å². The Balaban J connectivity index is 2.69. The molecule has 2 aromatic rings. The molecule has 2 rings (SSSR count). The molecule has 0 aliphatic carbocycles. The summed E-state index contributed by atoms with van der Waals surface area (Å²) in [6.07, 6.45) is 0. The average molecular weight is 266 g/mol. The number of anilines is 1. The SMILES string of the molecule is CNc1c(-c2cc(Cl)cc(C)c2OC)n[nH]c1C. The van der Waals surface area contributed by atoms with E-state index in [0.29, 0.717) is 5.02 Å². The van der Waals surface area contributed by atoms with Gasteiger partial charge in [-0.05, 0) is 31.5 Å². The van der Waals surface area contributed by atoms with Gasteiger partial charge in [-0.3, -0.25) is 5.10 Å². The molecule has 0 aliphatic heterocycles. The lowest BCUT2D eigenvalue weighted by atomic mass is 10.1. The van der Waals surface area contributed by atoms with Gasteiger partial charge in [-0.2, -0.15) is 5.10 Å². The molecule has 0 bridgehead atoms. The van der Waals surface area contributed by atoms with Gasteiger partial charge in [-0.25, -0.2) is 0 Å². The fourth-order valence-electron chi connectivity index (χ4n) is 2.11. The number of nitrogens with zero attached hydrogens (tertiary/aromatic N) is 1. The third-order valence-electron chi connectivity index (χ3n) is 2.90. The largest absolute Gasteiger partial charge is 0.496 e. The van der Waals surface area contributed by atoms with E-state index in [1.165, 1.54) is 0 Å². The maximum Gasteiger partial charge on any atom is 0.131 e. The number of aryl methyl sites for hydroxylation is 2. The Labute approximate surface area is 111 Å². The summed E-state index contributed by atoms with van der Waals surface area (Å²) in [5, 5.41) is 11.1. The highest BCUT2D eigenvalue weighted by Crippen LogP contribution is 2.38. The minimum Gasteiger partial charge on any atom is -0.496 e. The van der Waals surface area contributed by atoms with E-state index in [1.54, 1.807) is 7.11 Å². The van der Waals surface area contributed by atoms with E-state index in [1.807, 2.05) is 33.0 Å². The molecule has 1 aromatic carbocycles. The molecule has 2 N–H and O–H groups in total. The lowest BCUT2D eigenvalue weighted by Gasteiger charge is -2.12. The van der Waals surface area contributed by atoms with Gasteiger partial charge in [0, 0.05) is 17.6 Å². The van der Waals surface area contributed by atoms with Crippen LogP contribution < -0.4 is 10.1 Å². The number of hydrogen-bond acceptors (Lipinski definition) is 3. The Morgan fingerprint density at radius 2 is 2.06 bits per heavy atom. The molecule has 0 fully saturated rings. The topological polar surface area (TPSA) is 49.9 Å². The van der Waals surface area contributed by atoms with Crippen molar-refractivity contribution in [1.82, 2.24) is 10.2 Å². The Morgan fingerprint density at radius 3 is 2.67 bits per heavy atom. The number of aromatic nitrogens is 2. The molecular weight excluding hydrogens is 250 g/mol. The number of ether oxygens (including phenoxy) is 1. The zero-order valence-corrected chi connectivity index (χ0v) is 11.6. The molecule has 0 spiro atoms. The molecule has 0 aliphatic rings. The fraction of sp³-hybridized carbons (Fsp3) is 0.308. The Kier molecular flexibility index (Phi) is 3.48. The van der Waals surface area contributed by atoms with E-state index in [0.717, 1.165) is 34.0 Å². The van der Waals surface area contributed by atoms with E-state index < -0.39 is 0 Å². The molecule has 1 aromatic heterocycles. The Hall–Kier alpha value is -1.68. The second-order valence-corrected chi connectivity index (χ2v) is 4.56. The Bertz CT molecular complexity index is 578. The first-order chi connectivity index (χ1) is 8.58. The summed E-state index contributed by atoms with van der Waals surface area (Å²) in [5.41, 5.74) is 4.62.